The van der Waals surface area contributed by atoms with Gasteiger partial charge in [0.05, 0.1) is 11.5 Å². The van der Waals surface area contributed by atoms with Gasteiger partial charge in [0.1, 0.15) is 11.7 Å². The number of carbonyl (C=O) groups is 1. The number of hydrogen-bond donors (Lipinski definition) is 1. The van der Waals surface area contributed by atoms with E-state index in [9.17, 15) is 14.9 Å². The van der Waals surface area contributed by atoms with Crippen molar-refractivity contribution in [1.29, 1.82) is 0 Å². The van der Waals surface area contributed by atoms with Crippen LogP contribution in [-0.4, -0.2) is 42.0 Å². The van der Waals surface area contributed by atoms with E-state index < -0.39 is 11.0 Å². The molecule has 1 amide bonds. The van der Waals surface area contributed by atoms with Crippen LogP contribution in [0.4, 0.5) is 11.4 Å². The molecule has 0 aliphatic rings. The number of nitro benzene ring substituents is 1. The second-order valence-electron chi connectivity index (χ2n) is 4.56. The van der Waals surface area contributed by atoms with Crippen LogP contribution in [0.1, 0.15) is 20.8 Å². The minimum absolute atomic E-state index is 0.131. The van der Waals surface area contributed by atoms with Crippen LogP contribution >= 0.6 is 0 Å². The Kier molecular flexibility index (Phi) is 5.95. The van der Waals surface area contributed by atoms with Gasteiger partial charge in [0.2, 0.25) is 5.91 Å². The van der Waals surface area contributed by atoms with Gasteiger partial charge in [-0.1, -0.05) is 6.07 Å². The zero-order valence-electron chi connectivity index (χ0n) is 12.8. The number of nitro groups is 1. The second kappa shape index (κ2) is 7.47. The van der Waals surface area contributed by atoms with Crippen molar-refractivity contribution < 1.29 is 14.5 Å². The number of benzene rings is 1. The zero-order valence-corrected chi connectivity index (χ0v) is 12.8. The third kappa shape index (κ3) is 4.08. The molecule has 0 heterocycles. The van der Waals surface area contributed by atoms with Crippen LogP contribution in [0, 0.1) is 10.1 Å². The molecule has 0 saturated carbocycles. The molecular weight excluding hydrogens is 274 g/mol. The van der Waals surface area contributed by atoms with Crippen LogP contribution in [0.15, 0.2) is 18.2 Å². The molecule has 0 radical (unpaired) electrons. The largest absolute Gasteiger partial charge is 0.487 e. The number of hydrogen-bond acceptors (Lipinski definition) is 5. The normalized spacial score (nSPS) is 11.6. The molecule has 0 aliphatic heterocycles. The molecule has 1 N–H and O–H groups in total. The summed E-state index contributed by atoms with van der Waals surface area (Å²) < 4.78 is 5.27. The van der Waals surface area contributed by atoms with E-state index in [1.807, 2.05) is 6.92 Å². The summed E-state index contributed by atoms with van der Waals surface area (Å²) in [5.41, 5.74) is 0.120. The van der Waals surface area contributed by atoms with E-state index in [0.29, 0.717) is 13.2 Å². The highest BCUT2D eigenvalue weighted by Crippen LogP contribution is 2.35. The average molecular weight is 295 g/mol. The van der Waals surface area contributed by atoms with Crippen LogP contribution < -0.4 is 10.1 Å². The van der Waals surface area contributed by atoms with Gasteiger partial charge < -0.3 is 15.0 Å². The Morgan fingerprint density at radius 1 is 1.48 bits per heavy atom. The van der Waals surface area contributed by atoms with Gasteiger partial charge >= 0.3 is 5.69 Å². The molecule has 21 heavy (non-hydrogen) atoms. The molecule has 0 aromatic heterocycles. The molecule has 0 saturated heterocycles. The van der Waals surface area contributed by atoms with Crippen molar-refractivity contribution in [3.8, 4) is 5.75 Å². The first-order valence-corrected chi connectivity index (χ1v) is 6.84. The Balaban J connectivity index is 3.05. The summed E-state index contributed by atoms with van der Waals surface area (Å²) in [6, 6.07) is 4.19. The highest BCUT2D eigenvalue weighted by Gasteiger charge is 2.24. The maximum absolute atomic E-state index is 12.0. The first-order valence-electron chi connectivity index (χ1n) is 6.84. The van der Waals surface area contributed by atoms with Crippen molar-refractivity contribution >= 4 is 17.3 Å². The van der Waals surface area contributed by atoms with Crippen LogP contribution in [0.5, 0.6) is 5.75 Å². The molecule has 1 unspecified atom stereocenters. The van der Waals surface area contributed by atoms with E-state index in [-0.39, 0.29) is 23.0 Å². The van der Waals surface area contributed by atoms with Crippen molar-refractivity contribution in [2.45, 2.75) is 26.8 Å². The molecule has 0 aliphatic carbocycles. The van der Waals surface area contributed by atoms with Gasteiger partial charge in [0, 0.05) is 13.6 Å². The maximum atomic E-state index is 12.0. The molecule has 1 aromatic rings. The Morgan fingerprint density at radius 2 is 2.14 bits per heavy atom. The molecule has 0 fully saturated rings. The van der Waals surface area contributed by atoms with Gasteiger partial charge in [-0.3, -0.25) is 14.9 Å². The van der Waals surface area contributed by atoms with E-state index in [1.165, 1.54) is 6.07 Å². The number of nitrogens with zero attached hydrogens (tertiary/aromatic N) is 2. The van der Waals surface area contributed by atoms with Gasteiger partial charge in [0.25, 0.3) is 0 Å². The molecule has 1 aromatic carbocycles. The summed E-state index contributed by atoms with van der Waals surface area (Å²) in [5.74, 6) is 0.0598. The minimum Gasteiger partial charge on any atom is -0.487 e. The van der Waals surface area contributed by atoms with Crippen LogP contribution in [0.25, 0.3) is 0 Å². The maximum Gasteiger partial charge on any atom is 0.333 e. The highest BCUT2D eigenvalue weighted by atomic mass is 16.6. The fraction of sp³-hybridized carbons (Fsp3) is 0.500. The predicted molar refractivity (Wildman–Crippen MR) is 80.7 cm³/mol. The molecule has 1 atom stereocenters. The van der Waals surface area contributed by atoms with E-state index >= 15 is 0 Å². The molecular formula is C14H21N3O4. The first kappa shape index (κ1) is 16.7. The average Bonchev–Trinajstić information content (AvgIpc) is 2.45. The summed E-state index contributed by atoms with van der Waals surface area (Å²) in [6.45, 7) is 6.20. The van der Waals surface area contributed by atoms with E-state index in [4.69, 9.17) is 4.74 Å². The monoisotopic (exact) mass is 295 g/mol. The Labute approximate surface area is 124 Å². The van der Waals surface area contributed by atoms with Crippen molar-refractivity contribution in [1.82, 2.24) is 4.90 Å². The molecule has 0 spiro atoms. The molecule has 116 valence electrons. The summed E-state index contributed by atoms with van der Waals surface area (Å²) in [4.78, 5) is 24.3. The number of rotatable bonds is 7. The van der Waals surface area contributed by atoms with Crippen molar-refractivity contribution in [3.63, 3.8) is 0 Å². The van der Waals surface area contributed by atoms with Crippen molar-refractivity contribution in [3.05, 3.63) is 28.3 Å². The van der Waals surface area contributed by atoms with Gasteiger partial charge in [-0.15, -0.1) is 0 Å². The predicted octanol–water partition coefficient (Wildman–Crippen LogP) is 2.27. The van der Waals surface area contributed by atoms with Crippen LogP contribution in [0.3, 0.4) is 0 Å². The number of carbonyl (C=O) groups excluding carboxylic acids is 1. The Hall–Kier alpha value is -2.31. The van der Waals surface area contributed by atoms with Gasteiger partial charge in [-0.2, -0.15) is 0 Å². The van der Waals surface area contributed by atoms with Gasteiger partial charge in [0.15, 0.2) is 5.75 Å². The quantitative estimate of drug-likeness (QED) is 0.616. The minimum atomic E-state index is -0.564. The van der Waals surface area contributed by atoms with Gasteiger partial charge in [-0.25, -0.2) is 0 Å². The number of anilines is 1. The molecule has 0 bridgehead atoms. The fourth-order valence-corrected chi connectivity index (χ4v) is 1.88. The zero-order chi connectivity index (χ0) is 16.0. The third-order valence-corrected chi connectivity index (χ3v) is 3.07. The smallest absolute Gasteiger partial charge is 0.333 e. The van der Waals surface area contributed by atoms with Gasteiger partial charge in [-0.05, 0) is 32.9 Å². The summed E-state index contributed by atoms with van der Waals surface area (Å²) >= 11 is 0. The Morgan fingerprint density at radius 3 is 2.67 bits per heavy atom. The Bertz CT molecular complexity index is 519. The van der Waals surface area contributed by atoms with E-state index in [1.54, 1.807) is 37.9 Å². The number of para-hydroxylation sites is 1. The lowest BCUT2D eigenvalue weighted by Gasteiger charge is -2.21. The summed E-state index contributed by atoms with van der Waals surface area (Å²) in [5, 5.41) is 14.1. The number of nitrogens with one attached hydrogen (secondary N) is 1. The van der Waals surface area contributed by atoms with Crippen LogP contribution in [-0.2, 0) is 4.79 Å². The summed E-state index contributed by atoms with van der Waals surface area (Å²) in [7, 11) is 1.69. The second-order valence-corrected chi connectivity index (χ2v) is 4.56. The molecule has 7 heteroatoms. The third-order valence-electron chi connectivity index (χ3n) is 3.07. The number of amides is 1. The molecule has 7 nitrogen and oxygen atoms in total. The van der Waals surface area contributed by atoms with E-state index in [2.05, 4.69) is 5.32 Å². The lowest BCUT2D eigenvalue weighted by molar-refractivity contribution is -0.384. The standard InChI is InChI=1S/C14H21N3O4/c1-5-16(4)14(18)10(3)15-11-8-7-9-12(21-6-2)13(11)17(19)20/h7-10,15H,5-6H2,1-4H3. The molecule has 1 rings (SSSR count). The summed E-state index contributed by atoms with van der Waals surface area (Å²) in [6.07, 6.45) is 0. The first-order chi connectivity index (χ1) is 9.92. The van der Waals surface area contributed by atoms with Crippen molar-refractivity contribution in [2.24, 2.45) is 0 Å². The fourth-order valence-electron chi connectivity index (χ4n) is 1.88. The lowest BCUT2D eigenvalue weighted by atomic mass is 10.2. The van der Waals surface area contributed by atoms with Crippen LogP contribution in [0.2, 0.25) is 0 Å². The topological polar surface area (TPSA) is 84.7 Å². The van der Waals surface area contributed by atoms with Crippen molar-refractivity contribution in [2.75, 3.05) is 25.5 Å². The lowest BCUT2D eigenvalue weighted by Crippen LogP contribution is -2.38. The SMILES string of the molecule is CCOc1cccc(NC(C)C(=O)N(C)CC)c1[N+](=O)[O-]. The highest BCUT2D eigenvalue weighted by molar-refractivity contribution is 5.85. The number of ether oxygens (including phenoxy) is 1. The van der Waals surface area contributed by atoms with E-state index in [0.717, 1.165) is 0 Å². The number of likely N-dealkylation sites (N-methyl/N-ethyl adjacent to an activating group) is 1.